The molecule has 1 N–H and O–H groups in total. The fourth-order valence-electron chi connectivity index (χ4n) is 1.91. The average molecular weight is 256 g/mol. The molecule has 0 atom stereocenters. The van der Waals surface area contributed by atoms with E-state index in [-0.39, 0.29) is 30.9 Å². The van der Waals surface area contributed by atoms with Crippen LogP contribution in [0.5, 0.6) is 0 Å². The molecule has 0 aromatic heterocycles. The van der Waals surface area contributed by atoms with Crippen molar-refractivity contribution in [3.63, 3.8) is 0 Å². The first-order valence-corrected chi connectivity index (χ1v) is 5.79. The summed E-state index contributed by atoms with van der Waals surface area (Å²) in [6, 6.07) is 0. The summed E-state index contributed by atoms with van der Waals surface area (Å²) in [6.07, 6.45) is 0. The fraction of sp³-hybridized carbons (Fsp3) is 0.750. The lowest BCUT2D eigenvalue weighted by atomic mass is 9.89. The molecule has 102 valence electrons. The van der Waals surface area contributed by atoms with E-state index in [1.807, 2.05) is 0 Å². The average Bonchev–Trinajstić information content (AvgIpc) is 2.24. The smallest absolute Gasteiger partial charge is 0.312 e. The highest BCUT2D eigenvalue weighted by Crippen LogP contribution is 2.26. The number of carbonyl (C=O) groups is 3. The largest absolute Gasteiger partial charge is 0.469 e. The second kappa shape index (κ2) is 4.68. The Morgan fingerprint density at radius 3 is 2.50 bits per heavy atom. The quantitative estimate of drug-likeness (QED) is 0.565. The van der Waals surface area contributed by atoms with E-state index in [0.717, 1.165) is 0 Å². The molecule has 1 aliphatic rings. The van der Waals surface area contributed by atoms with Gasteiger partial charge in [0, 0.05) is 6.54 Å². The molecule has 0 aliphatic carbocycles. The van der Waals surface area contributed by atoms with E-state index in [1.54, 1.807) is 32.6 Å². The molecule has 0 unspecified atom stereocenters. The highest BCUT2D eigenvalue weighted by Gasteiger charge is 2.44. The molecule has 1 heterocycles. The van der Waals surface area contributed by atoms with Crippen molar-refractivity contribution >= 4 is 17.8 Å². The van der Waals surface area contributed by atoms with E-state index in [2.05, 4.69) is 5.32 Å². The number of imide groups is 1. The molecule has 0 bridgehead atoms. The Hall–Kier alpha value is -1.43. The number of methoxy groups -OCH3 is 1. The topological polar surface area (TPSA) is 75.7 Å². The zero-order chi connectivity index (χ0) is 14.1. The van der Waals surface area contributed by atoms with E-state index in [9.17, 15) is 14.4 Å². The van der Waals surface area contributed by atoms with Gasteiger partial charge in [-0.3, -0.25) is 24.6 Å². The number of ether oxygens (including phenoxy) is 1. The number of carbonyl (C=O) groups excluding carboxylic acids is 3. The molecule has 1 fully saturated rings. The summed E-state index contributed by atoms with van der Waals surface area (Å²) in [4.78, 5) is 36.5. The van der Waals surface area contributed by atoms with Gasteiger partial charge in [-0.15, -0.1) is 0 Å². The molecule has 18 heavy (non-hydrogen) atoms. The van der Waals surface area contributed by atoms with Crippen molar-refractivity contribution in [2.45, 2.75) is 33.2 Å². The van der Waals surface area contributed by atoms with Crippen LogP contribution < -0.4 is 5.32 Å². The summed E-state index contributed by atoms with van der Waals surface area (Å²) in [5.41, 5.74) is -1.59. The van der Waals surface area contributed by atoms with Crippen LogP contribution in [0, 0.1) is 5.41 Å². The van der Waals surface area contributed by atoms with Crippen molar-refractivity contribution < 1.29 is 19.1 Å². The van der Waals surface area contributed by atoms with Crippen molar-refractivity contribution in [3.8, 4) is 0 Å². The molecule has 0 aromatic rings. The van der Waals surface area contributed by atoms with Crippen LogP contribution in [0.25, 0.3) is 0 Å². The van der Waals surface area contributed by atoms with Gasteiger partial charge in [0.15, 0.2) is 0 Å². The van der Waals surface area contributed by atoms with Crippen LogP contribution >= 0.6 is 0 Å². The third-order valence-corrected chi connectivity index (χ3v) is 3.26. The minimum atomic E-state index is -0.820. The number of hydrogen-bond acceptors (Lipinski definition) is 5. The highest BCUT2D eigenvalue weighted by molar-refractivity contribution is 6.03. The van der Waals surface area contributed by atoms with Gasteiger partial charge in [-0.1, -0.05) is 0 Å². The number of hydrogen-bond donors (Lipinski definition) is 1. The number of nitrogens with one attached hydrogen (secondary N) is 1. The Morgan fingerprint density at radius 2 is 2.00 bits per heavy atom. The molecule has 1 saturated heterocycles. The molecular formula is C12H20N2O4. The summed E-state index contributed by atoms with van der Waals surface area (Å²) in [7, 11) is 1.32. The van der Waals surface area contributed by atoms with E-state index in [0.29, 0.717) is 0 Å². The van der Waals surface area contributed by atoms with Crippen LogP contribution in [0.3, 0.4) is 0 Å². The Morgan fingerprint density at radius 1 is 1.44 bits per heavy atom. The Balaban J connectivity index is 2.91. The summed E-state index contributed by atoms with van der Waals surface area (Å²) < 4.78 is 4.73. The van der Waals surface area contributed by atoms with Crippen LogP contribution in [-0.4, -0.2) is 48.4 Å². The Bertz CT molecular complexity index is 388. The Labute approximate surface area is 107 Å². The minimum Gasteiger partial charge on any atom is -0.469 e. The standard InChI is InChI=1S/C12H20N2O4/c1-11(2,10(17)18-5)7-14-6-8(15)13-9(16)12(14,3)4/h6-7H2,1-5H3,(H,13,15,16). The summed E-state index contributed by atoms with van der Waals surface area (Å²) in [5, 5.41) is 2.29. The van der Waals surface area contributed by atoms with Crippen LogP contribution in [-0.2, 0) is 19.1 Å². The second-order valence-electron chi connectivity index (χ2n) is 5.67. The van der Waals surface area contributed by atoms with E-state index < -0.39 is 11.0 Å². The number of rotatable bonds is 3. The summed E-state index contributed by atoms with van der Waals surface area (Å²) in [5.74, 6) is -1.06. The van der Waals surface area contributed by atoms with Crippen molar-refractivity contribution in [1.82, 2.24) is 10.2 Å². The van der Waals surface area contributed by atoms with Gasteiger partial charge in [0.05, 0.1) is 24.6 Å². The first-order valence-electron chi connectivity index (χ1n) is 5.79. The van der Waals surface area contributed by atoms with Crippen LogP contribution in [0.2, 0.25) is 0 Å². The van der Waals surface area contributed by atoms with E-state index >= 15 is 0 Å². The lowest BCUT2D eigenvalue weighted by Gasteiger charge is -2.43. The van der Waals surface area contributed by atoms with Crippen molar-refractivity contribution in [1.29, 1.82) is 0 Å². The molecule has 0 spiro atoms. The first-order chi connectivity index (χ1) is 8.11. The van der Waals surface area contributed by atoms with Crippen molar-refractivity contribution in [2.75, 3.05) is 20.2 Å². The molecular weight excluding hydrogens is 236 g/mol. The zero-order valence-corrected chi connectivity index (χ0v) is 11.5. The van der Waals surface area contributed by atoms with Gasteiger partial charge < -0.3 is 4.74 Å². The molecule has 0 aromatic carbocycles. The lowest BCUT2D eigenvalue weighted by molar-refractivity contribution is -0.157. The molecule has 0 saturated carbocycles. The fourth-order valence-corrected chi connectivity index (χ4v) is 1.91. The van der Waals surface area contributed by atoms with E-state index in [4.69, 9.17) is 4.74 Å². The lowest BCUT2D eigenvalue weighted by Crippen LogP contribution is -2.65. The number of piperazine rings is 1. The molecule has 6 nitrogen and oxygen atoms in total. The normalized spacial score (nSPS) is 20.5. The molecule has 6 heteroatoms. The maximum Gasteiger partial charge on any atom is 0.312 e. The van der Waals surface area contributed by atoms with Crippen molar-refractivity contribution in [2.24, 2.45) is 5.41 Å². The predicted octanol–water partition coefficient (Wildman–Crippen LogP) is -0.0774. The third kappa shape index (κ3) is 2.69. The second-order valence-corrected chi connectivity index (χ2v) is 5.67. The summed E-state index contributed by atoms with van der Waals surface area (Å²) in [6.45, 7) is 7.28. The zero-order valence-electron chi connectivity index (χ0n) is 11.5. The van der Waals surface area contributed by atoms with Crippen LogP contribution in [0.4, 0.5) is 0 Å². The molecule has 1 rings (SSSR count). The van der Waals surface area contributed by atoms with Crippen LogP contribution in [0.15, 0.2) is 0 Å². The monoisotopic (exact) mass is 256 g/mol. The van der Waals surface area contributed by atoms with Gasteiger partial charge in [0.1, 0.15) is 0 Å². The van der Waals surface area contributed by atoms with Gasteiger partial charge in [-0.25, -0.2) is 0 Å². The number of nitrogens with zero attached hydrogens (tertiary/aromatic N) is 1. The van der Waals surface area contributed by atoms with Gasteiger partial charge in [-0.05, 0) is 27.7 Å². The first kappa shape index (κ1) is 14.6. The van der Waals surface area contributed by atoms with Crippen LogP contribution in [0.1, 0.15) is 27.7 Å². The Kier molecular flexibility index (Phi) is 3.81. The van der Waals surface area contributed by atoms with E-state index in [1.165, 1.54) is 7.11 Å². The summed E-state index contributed by atoms with van der Waals surface area (Å²) >= 11 is 0. The van der Waals surface area contributed by atoms with Gasteiger partial charge in [-0.2, -0.15) is 0 Å². The highest BCUT2D eigenvalue weighted by atomic mass is 16.5. The molecule has 2 amide bonds. The maximum atomic E-state index is 11.8. The van der Waals surface area contributed by atoms with Gasteiger partial charge in [0.2, 0.25) is 11.8 Å². The molecule has 0 radical (unpaired) electrons. The molecule has 1 aliphatic heterocycles. The van der Waals surface area contributed by atoms with Gasteiger partial charge in [0.25, 0.3) is 0 Å². The number of esters is 1. The third-order valence-electron chi connectivity index (χ3n) is 3.26. The SMILES string of the molecule is COC(=O)C(C)(C)CN1CC(=O)NC(=O)C1(C)C. The predicted molar refractivity (Wildman–Crippen MR) is 64.6 cm³/mol. The van der Waals surface area contributed by atoms with Gasteiger partial charge >= 0.3 is 5.97 Å². The minimum absolute atomic E-state index is 0.0964. The van der Waals surface area contributed by atoms with Crippen molar-refractivity contribution in [3.05, 3.63) is 0 Å². The maximum absolute atomic E-state index is 11.8. The number of amides is 2.